The summed E-state index contributed by atoms with van der Waals surface area (Å²) in [6, 6.07) is -0.360. The van der Waals surface area contributed by atoms with Crippen molar-refractivity contribution in [2.75, 3.05) is 27.2 Å². The highest BCUT2D eigenvalue weighted by Gasteiger charge is 2.36. The van der Waals surface area contributed by atoms with Gasteiger partial charge >= 0.3 is 0 Å². The Morgan fingerprint density at radius 1 is 1.50 bits per heavy atom. The van der Waals surface area contributed by atoms with Crippen LogP contribution in [0.4, 0.5) is 0 Å². The van der Waals surface area contributed by atoms with E-state index in [-0.39, 0.29) is 11.9 Å². The average molecular weight is 257 g/mol. The highest BCUT2D eigenvalue weighted by atomic mass is 16.3. The van der Waals surface area contributed by atoms with Gasteiger partial charge in [0.05, 0.1) is 12.1 Å². The van der Waals surface area contributed by atoms with E-state index in [4.69, 9.17) is 5.73 Å². The van der Waals surface area contributed by atoms with E-state index < -0.39 is 12.1 Å². The highest BCUT2D eigenvalue weighted by molar-refractivity contribution is 5.82. The summed E-state index contributed by atoms with van der Waals surface area (Å²) < 4.78 is 0. The number of nitrogens with two attached hydrogens (primary N) is 1. The van der Waals surface area contributed by atoms with Gasteiger partial charge in [0.15, 0.2) is 0 Å². The van der Waals surface area contributed by atoms with E-state index in [9.17, 15) is 9.90 Å². The number of carbonyl (C=O) groups excluding carboxylic acids is 1. The molecule has 0 aliphatic carbocycles. The summed E-state index contributed by atoms with van der Waals surface area (Å²) in [6.07, 6.45) is 0.934. The van der Waals surface area contributed by atoms with Crippen molar-refractivity contribution in [3.8, 4) is 0 Å². The molecule has 0 radical (unpaired) electrons. The molecule has 0 saturated carbocycles. The molecule has 1 rings (SSSR count). The van der Waals surface area contributed by atoms with Crippen molar-refractivity contribution < 1.29 is 9.90 Å². The molecule has 0 bridgehead atoms. The molecule has 0 spiro atoms. The minimum Gasteiger partial charge on any atom is -0.391 e. The Bertz CT molecular complexity index is 281. The van der Waals surface area contributed by atoms with Gasteiger partial charge in [-0.1, -0.05) is 13.8 Å². The lowest BCUT2D eigenvalue weighted by molar-refractivity contribution is -0.134. The van der Waals surface area contributed by atoms with Crippen LogP contribution in [0.2, 0.25) is 0 Å². The second kappa shape index (κ2) is 6.50. The van der Waals surface area contributed by atoms with Gasteiger partial charge in [-0.15, -0.1) is 0 Å². The zero-order valence-electron chi connectivity index (χ0n) is 12.0. The summed E-state index contributed by atoms with van der Waals surface area (Å²) in [4.78, 5) is 16.1. The highest BCUT2D eigenvalue weighted by Crippen LogP contribution is 2.20. The summed E-state index contributed by atoms with van der Waals surface area (Å²) in [6.45, 7) is 5.31. The number of likely N-dealkylation sites (N-methyl/N-ethyl adjacent to an activating group) is 1. The molecule has 5 heteroatoms. The SMILES string of the molecule is CC(C)CC(N)C(=O)N1CC(O)CC1CN(C)C. The summed E-state index contributed by atoms with van der Waals surface area (Å²) in [7, 11) is 3.95. The third kappa shape index (κ3) is 4.23. The smallest absolute Gasteiger partial charge is 0.239 e. The zero-order chi connectivity index (χ0) is 13.9. The third-order valence-corrected chi connectivity index (χ3v) is 3.29. The van der Waals surface area contributed by atoms with Crippen molar-refractivity contribution >= 4 is 5.91 Å². The lowest BCUT2D eigenvalue weighted by Gasteiger charge is -2.29. The Morgan fingerprint density at radius 3 is 2.61 bits per heavy atom. The van der Waals surface area contributed by atoms with E-state index in [0.29, 0.717) is 25.3 Å². The fraction of sp³-hybridized carbons (Fsp3) is 0.923. The molecule has 1 amide bonds. The van der Waals surface area contributed by atoms with Crippen molar-refractivity contribution in [2.45, 2.75) is 44.9 Å². The van der Waals surface area contributed by atoms with Gasteiger partial charge in [-0.05, 0) is 32.9 Å². The average Bonchev–Trinajstić information content (AvgIpc) is 2.56. The van der Waals surface area contributed by atoms with Crippen molar-refractivity contribution in [1.82, 2.24) is 9.80 Å². The number of hydrogen-bond acceptors (Lipinski definition) is 4. The number of nitrogens with zero attached hydrogens (tertiary/aromatic N) is 2. The Balaban J connectivity index is 2.64. The monoisotopic (exact) mass is 257 g/mol. The van der Waals surface area contributed by atoms with E-state index >= 15 is 0 Å². The van der Waals surface area contributed by atoms with Crippen LogP contribution in [0, 0.1) is 5.92 Å². The van der Waals surface area contributed by atoms with Crippen LogP contribution in [0.1, 0.15) is 26.7 Å². The molecule has 1 fully saturated rings. The first kappa shape index (κ1) is 15.4. The van der Waals surface area contributed by atoms with Crippen LogP contribution < -0.4 is 5.73 Å². The van der Waals surface area contributed by atoms with Gasteiger partial charge < -0.3 is 20.6 Å². The van der Waals surface area contributed by atoms with Crippen LogP contribution >= 0.6 is 0 Å². The number of aliphatic hydroxyl groups is 1. The largest absolute Gasteiger partial charge is 0.391 e. The first-order valence-electron chi connectivity index (χ1n) is 6.70. The molecule has 0 aromatic heterocycles. The maximum Gasteiger partial charge on any atom is 0.239 e. The van der Waals surface area contributed by atoms with Gasteiger partial charge in [-0.25, -0.2) is 0 Å². The molecule has 0 aromatic carbocycles. The maximum atomic E-state index is 12.3. The van der Waals surface area contributed by atoms with E-state index in [1.807, 2.05) is 19.0 Å². The van der Waals surface area contributed by atoms with E-state index in [1.54, 1.807) is 4.90 Å². The molecular weight excluding hydrogens is 230 g/mol. The first-order valence-corrected chi connectivity index (χ1v) is 6.70. The van der Waals surface area contributed by atoms with E-state index in [0.717, 1.165) is 6.54 Å². The maximum absolute atomic E-state index is 12.3. The van der Waals surface area contributed by atoms with Gasteiger partial charge in [0.25, 0.3) is 0 Å². The van der Waals surface area contributed by atoms with Crippen LogP contribution in [-0.4, -0.2) is 66.2 Å². The molecule has 18 heavy (non-hydrogen) atoms. The minimum atomic E-state index is -0.444. The second-order valence-electron chi connectivity index (χ2n) is 6.03. The Kier molecular flexibility index (Phi) is 5.56. The number of rotatable bonds is 5. The summed E-state index contributed by atoms with van der Waals surface area (Å²) in [5.74, 6) is 0.385. The fourth-order valence-corrected chi connectivity index (χ4v) is 2.58. The lowest BCUT2D eigenvalue weighted by atomic mass is 10.0. The zero-order valence-corrected chi connectivity index (χ0v) is 12.0. The molecule has 5 nitrogen and oxygen atoms in total. The fourth-order valence-electron chi connectivity index (χ4n) is 2.58. The van der Waals surface area contributed by atoms with Crippen LogP contribution in [-0.2, 0) is 4.79 Å². The number of amides is 1. The topological polar surface area (TPSA) is 69.8 Å². The predicted octanol–water partition coefficient (Wildman–Crippen LogP) is -0.117. The first-order chi connectivity index (χ1) is 8.31. The number of likely N-dealkylation sites (tertiary alicyclic amines) is 1. The number of hydrogen-bond donors (Lipinski definition) is 2. The number of aliphatic hydroxyl groups excluding tert-OH is 1. The van der Waals surface area contributed by atoms with Gasteiger partial charge in [0.1, 0.15) is 0 Å². The van der Waals surface area contributed by atoms with Crippen molar-refractivity contribution in [1.29, 1.82) is 0 Å². The third-order valence-electron chi connectivity index (χ3n) is 3.29. The standard InChI is InChI=1S/C13H27N3O2/c1-9(2)5-12(14)13(18)16-8-11(17)6-10(16)7-15(3)4/h9-12,17H,5-8,14H2,1-4H3. The van der Waals surface area contributed by atoms with Crippen molar-refractivity contribution in [2.24, 2.45) is 11.7 Å². The van der Waals surface area contributed by atoms with Crippen LogP contribution in [0.3, 0.4) is 0 Å². The molecule has 3 unspecified atom stereocenters. The van der Waals surface area contributed by atoms with Gasteiger partial charge in [-0.2, -0.15) is 0 Å². The quantitative estimate of drug-likeness (QED) is 0.720. The van der Waals surface area contributed by atoms with Gasteiger partial charge in [-0.3, -0.25) is 4.79 Å². The normalized spacial score (nSPS) is 26.1. The molecule has 3 N–H and O–H groups in total. The summed E-state index contributed by atoms with van der Waals surface area (Å²) >= 11 is 0. The molecule has 1 saturated heterocycles. The Labute approximate surface area is 110 Å². The molecule has 1 aliphatic heterocycles. The van der Waals surface area contributed by atoms with Crippen LogP contribution in [0.15, 0.2) is 0 Å². The molecule has 106 valence electrons. The molecular formula is C13H27N3O2. The molecule has 1 heterocycles. The van der Waals surface area contributed by atoms with Crippen LogP contribution in [0.5, 0.6) is 0 Å². The number of β-amino-alcohol motifs (C(OH)–C–C–N with tert-alkyl or cyclic N) is 1. The van der Waals surface area contributed by atoms with Crippen molar-refractivity contribution in [3.05, 3.63) is 0 Å². The molecule has 3 atom stereocenters. The lowest BCUT2D eigenvalue weighted by Crippen LogP contribution is -2.49. The molecule has 1 aliphatic rings. The van der Waals surface area contributed by atoms with Gasteiger partial charge in [0, 0.05) is 19.1 Å². The second-order valence-corrected chi connectivity index (χ2v) is 6.03. The van der Waals surface area contributed by atoms with Crippen LogP contribution in [0.25, 0.3) is 0 Å². The van der Waals surface area contributed by atoms with E-state index in [2.05, 4.69) is 13.8 Å². The van der Waals surface area contributed by atoms with Crippen molar-refractivity contribution in [3.63, 3.8) is 0 Å². The Hall–Kier alpha value is -0.650. The summed E-state index contributed by atoms with van der Waals surface area (Å²) in [5, 5.41) is 9.74. The minimum absolute atomic E-state index is 0.0212. The number of carbonyl (C=O) groups is 1. The van der Waals surface area contributed by atoms with Gasteiger partial charge in [0.2, 0.25) is 5.91 Å². The Morgan fingerprint density at radius 2 is 2.11 bits per heavy atom. The summed E-state index contributed by atoms with van der Waals surface area (Å²) in [5.41, 5.74) is 5.95. The molecule has 0 aromatic rings. The predicted molar refractivity (Wildman–Crippen MR) is 72.1 cm³/mol. The van der Waals surface area contributed by atoms with E-state index in [1.165, 1.54) is 0 Å².